The maximum Gasteiger partial charge on any atom is 0.348 e. The predicted octanol–water partition coefficient (Wildman–Crippen LogP) is 5.01. The molecule has 1 amide bonds. The Balaban J connectivity index is 1.37. The predicted molar refractivity (Wildman–Crippen MR) is 115 cm³/mol. The summed E-state index contributed by atoms with van der Waals surface area (Å²) in [6.45, 7) is -0.338. The van der Waals surface area contributed by atoms with Crippen LogP contribution in [0.3, 0.4) is 0 Å². The van der Waals surface area contributed by atoms with Gasteiger partial charge in [-0.15, -0.1) is 22.7 Å². The van der Waals surface area contributed by atoms with Crippen LogP contribution in [0.1, 0.15) is 74.6 Å². The number of ether oxygens (including phenoxy) is 1. The highest BCUT2D eigenvalue weighted by molar-refractivity contribution is 7.16. The van der Waals surface area contributed by atoms with Crippen LogP contribution in [-0.4, -0.2) is 18.5 Å². The Morgan fingerprint density at radius 1 is 1.00 bits per heavy atom. The number of nitriles is 1. The Labute approximate surface area is 178 Å². The number of carbonyl (C=O) groups is 2. The zero-order chi connectivity index (χ0) is 20.2. The maximum atomic E-state index is 12.4. The number of fused-ring (bicyclic) bond motifs is 2. The Kier molecular flexibility index (Phi) is 6.31. The van der Waals surface area contributed by atoms with Crippen molar-refractivity contribution < 1.29 is 14.3 Å². The summed E-state index contributed by atoms with van der Waals surface area (Å²) in [6, 6.07) is 4.18. The molecular weight excluding hydrogens is 404 g/mol. The van der Waals surface area contributed by atoms with Crippen molar-refractivity contribution in [1.82, 2.24) is 0 Å². The zero-order valence-corrected chi connectivity index (χ0v) is 18.0. The van der Waals surface area contributed by atoms with Gasteiger partial charge in [0.1, 0.15) is 15.9 Å². The zero-order valence-electron chi connectivity index (χ0n) is 16.3. The normalized spacial score (nSPS) is 16.0. The number of rotatable bonds is 4. The van der Waals surface area contributed by atoms with E-state index in [4.69, 9.17) is 4.74 Å². The molecule has 0 unspecified atom stereocenters. The van der Waals surface area contributed by atoms with Gasteiger partial charge in [0, 0.05) is 9.75 Å². The molecule has 0 bridgehead atoms. The Bertz CT molecular complexity index is 944. The monoisotopic (exact) mass is 428 g/mol. The van der Waals surface area contributed by atoms with Gasteiger partial charge in [-0.25, -0.2) is 4.79 Å². The lowest BCUT2D eigenvalue weighted by Gasteiger charge is -2.05. The highest BCUT2D eigenvalue weighted by Crippen LogP contribution is 2.37. The number of thiophene rings is 2. The van der Waals surface area contributed by atoms with Crippen molar-refractivity contribution in [2.75, 3.05) is 11.9 Å². The summed E-state index contributed by atoms with van der Waals surface area (Å²) in [5, 5.41) is 12.9. The minimum atomic E-state index is -0.444. The van der Waals surface area contributed by atoms with E-state index in [1.165, 1.54) is 50.8 Å². The third-order valence-corrected chi connectivity index (χ3v) is 7.99. The first-order valence-corrected chi connectivity index (χ1v) is 11.9. The largest absolute Gasteiger partial charge is 0.451 e. The van der Waals surface area contributed by atoms with Gasteiger partial charge in [-0.3, -0.25) is 4.79 Å². The van der Waals surface area contributed by atoms with Crippen molar-refractivity contribution in [3.8, 4) is 6.07 Å². The summed E-state index contributed by atoms with van der Waals surface area (Å²) in [5.74, 6) is -0.843. The van der Waals surface area contributed by atoms with E-state index in [1.807, 2.05) is 6.07 Å². The van der Waals surface area contributed by atoms with Gasteiger partial charge in [-0.05, 0) is 68.6 Å². The van der Waals surface area contributed by atoms with Gasteiger partial charge in [0.25, 0.3) is 5.91 Å². The third-order valence-electron chi connectivity index (χ3n) is 5.57. The summed E-state index contributed by atoms with van der Waals surface area (Å²) < 4.78 is 5.25. The lowest BCUT2D eigenvalue weighted by Crippen LogP contribution is -2.20. The molecule has 0 atom stereocenters. The third kappa shape index (κ3) is 4.54. The first-order chi connectivity index (χ1) is 14.2. The summed E-state index contributed by atoms with van der Waals surface area (Å²) in [4.78, 5) is 27.8. The van der Waals surface area contributed by atoms with E-state index >= 15 is 0 Å². The molecule has 2 heterocycles. The summed E-state index contributed by atoms with van der Waals surface area (Å²) in [5.41, 5.74) is 2.92. The van der Waals surface area contributed by atoms with Crippen LogP contribution < -0.4 is 5.32 Å². The molecule has 0 spiro atoms. The maximum absolute atomic E-state index is 12.4. The second-order valence-electron chi connectivity index (χ2n) is 7.62. The molecular formula is C22H24N2O3S2. The number of amides is 1. The lowest BCUT2D eigenvalue weighted by atomic mass is 10.1. The smallest absolute Gasteiger partial charge is 0.348 e. The Hall–Kier alpha value is -2.17. The summed E-state index contributed by atoms with van der Waals surface area (Å²) >= 11 is 2.98. The molecule has 0 radical (unpaired) electrons. The molecule has 0 fully saturated rings. The van der Waals surface area contributed by atoms with Crippen molar-refractivity contribution in [2.45, 2.75) is 64.2 Å². The van der Waals surface area contributed by atoms with Crippen LogP contribution in [0.2, 0.25) is 0 Å². The molecule has 2 aromatic rings. The van der Waals surface area contributed by atoms with Crippen LogP contribution in [0.5, 0.6) is 0 Å². The van der Waals surface area contributed by atoms with Gasteiger partial charge in [0.15, 0.2) is 6.61 Å². The second kappa shape index (κ2) is 9.10. The average Bonchev–Trinajstić information content (AvgIpc) is 3.07. The van der Waals surface area contributed by atoms with E-state index in [2.05, 4.69) is 11.4 Å². The van der Waals surface area contributed by atoms with Gasteiger partial charge < -0.3 is 10.1 Å². The fraction of sp³-hybridized carbons (Fsp3) is 0.500. The van der Waals surface area contributed by atoms with Crippen LogP contribution in [0, 0.1) is 11.3 Å². The summed E-state index contributed by atoms with van der Waals surface area (Å²) in [7, 11) is 0. The van der Waals surface area contributed by atoms with Crippen LogP contribution in [-0.2, 0) is 35.2 Å². The van der Waals surface area contributed by atoms with Gasteiger partial charge in [0.05, 0.1) is 5.56 Å². The number of hydrogen-bond acceptors (Lipinski definition) is 6. The van der Waals surface area contributed by atoms with E-state index in [0.29, 0.717) is 15.4 Å². The first-order valence-electron chi connectivity index (χ1n) is 10.3. The van der Waals surface area contributed by atoms with E-state index in [0.717, 1.165) is 56.9 Å². The molecule has 7 heteroatoms. The number of carbonyl (C=O) groups excluding carboxylic acids is 2. The van der Waals surface area contributed by atoms with E-state index in [-0.39, 0.29) is 6.61 Å². The van der Waals surface area contributed by atoms with Gasteiger partial charge >= 0.3 is 5.97 Å². The van der Waals surface area contributed by atoms with Crippen molar-refractivity contribution in [2.24, 2.45) is 0 Å². The van der Waals surface area contributed by atoms with Crippen LogP contribution in [0.15, 0.2) is 6.07 Å². The minimum absolute atomic E-state index is 0.338. The number of nitrogens with zero attached hydrogens (tertiary/aromatic N) is 1. The topological polar surface area (TPSA) is 79.2 Å². The van der Waals surface area contributed by atoms with E-state index in [9.17, 15) is 14.9 Å². The van der Waals surface area contributed by atoms with Crippen molar-refractivity contribution in [3.63, 3.8) is 0 Å². The van der Waals surface area contributed by atoms with Gasteiger partial charge in [-0.2, -0.15) is 5.26 Å². The van der Waals surface area contributed by atoms with E-state index < -0.39 is 11.9 Å². The van der Waals surface area contributed by atoms with Crippen LogP contribution in [0.25, 0.3) is 0 Å². The molecule has 152 valence electrons. The quantitative estimate of drug-likeness (QED) is 0.548. The lowest BCUT2D eigenvalue weighted by molar-refractivity contribution is -0.119. The molecule has 2 aliphatic carbocycles. The van der Waals surface area contributed by atoms with Crippen molar-refractivity contribution in [3.05, 3.63) is 37.4 Å². The fourth-order valence-electron chi connectivity index (χ4n) is 4.08. The molecule has 0 aliphatic heterocycles. The highest BCUT2D eigenvalue weighted by Gasteiger charge is 2.22. The van der Waals surface area contributed by atoms with Crippen LogP contribution >= 0.6 is 22.7 Å². The Morgan fingerprint density at radius 3 is 2.52 bits per heavy atom. The average molecular weight is 429 g/mol. The SMILES string of the molecule is N#Cc1c(NC(=O)COC(=O)c2cc3c(s2)CCCCC3)sc2c1CCCCC2. The highest BCUT2D eigenvalue weighted by atomic mass is 32.1. The second-order valence-corrected chi connectivity index (χ2v) is 9.87. The van der Waals surface area contributed by atoms with Crippen molar-refractivity contribution in [1.29, 1.82) is 5.26 Å². The molecule has 2 aromatic heterocycles. The van der Waals surface area contributed by atoms with Gasteiger partial charge in [-0.1, -0.05) is 12.8 Å². The number of aryl methyl sites for hydroxylation is 3. The van der Waals surface area contributed by atoms with Crippen LogP contribution in [0.4, 0.5) is 5.00 Å². The molecule has 1 N–H and O–H groups in total. The van der Waals surface area contributed by atoms with Gasteiger partial charge in [0.2, 0.25) is 0 Å². The molecule has 0 saturated heterocycles. The molecule has 0 saturated carbocycles. The van der Waals surface area contributed by atoms with E-state index in [1.54, 1.807) is 0 Å². The number of esters is 1. The fourth-order valence-corrected chi connectivity index (χ4v) is 6.49. The summed E-state index contributed by atoms with van der Waals surface area (Å²) in [6.07, 6.45) is 10.8. The number of anilines is 1. The standard InChI is InChI=1S/C22H24N2O3S2/c23-12-16-15-8-4-2-6-10-18(15)29-21(16)24-20(25)13-27-22(26)19-11-14-7-3-1-5-9-17(14)28-19/h11H,1-10,13H2,(H,24,25). The molecule has 0 aromatic carbocycles. The first kappa shape index (κ1) is 20.1. The number of hydrogen-bond donors (Lipinski definition) is 1. The minimum Gasteiger partial charge on any atom is -0.451 e. The molecule has 2 aliphatic rings. The number of nitrogens with one attached hydrogen (secondary N) is 1. The molecule has 5 nitrogen and oxygen atoms in total. The molecule has 29 heavy (non-hydrogen) atoms. The Morgan fingerprint density at radius 2 is 1.72 bits per heavy atom. The van der Waals surface area contributed by atoms with Crippen molar-refractivity contribution >= 4 is 39.6 Å². The molecule has 4 rings (SSSR count).